The molecular weight excluding hydrogens is 360 g/mol. The first-order valence-electron chi connectivity index (χ1n) is 9.08. The minimum Gasteiger partial charge on any atom is -0.465 e. The molecule has 0 saturated carbocycles. The summed E-state index contributed by atoms with van der Waals surface area (Å²) in [4.78, 5) is 0. The van der Waals surface area contributed by atoms with E-state index in [1.807, 2.05) is 42.1 Å². The number of thioether (sulfide) groups is 1. The number of aryl methyl sites for hydroxylation is 1. The van der Waals surface area contributed by atoms with Crippen LogP contribution in [0, 0.1) is 0 Å². The quantitative estimate of drug-likeness (QED) is 0.597. The SMILES string of the molecule is OCCCc1ccc(C(SCc2ccccc2)c2ccc3c(c2)OCO3)o1. The van der Waals surface area contributed by atoms with Crippen molar-refractivity contribution in [2.45, 2.75) is 23.8 Å². The second-order valence-corrected chi connectivity index (χ2v) is 7.51. The van der Waals surface area contributed by atoms with Gasteiger partial charge in [-0.15, -0.1) is 11.8 Å². The van der Waals surface area contributed by atoms with E-state index < -0.39 is 0 Å². The van der Waals surface area contributed by atoms with Crippen LogP contribution in [0.5, 0.6) is 11.5 Å². The molecule has 0 aliphatic carbocycles. The third-order valence-electron chi connectivity index (χ3n) is 4.48. The van der Waals surface area contributed by atoms with Gasteiger partial charge in [0.05, 0.1) is 5.25 Å². The zero-order chi connectivity index (χ0) is 18.5. The normalized spacial score (nSPS) is 13.7. The fourth-order valence-corrected chi connectivity index (χ4v) is 4.28. The number of hydrogen-bond acceptors (Lipinski definition) is 5. The molecule has 27 heavy (non-hydrogen) atoms. The van der Waals surface area contributed by atoms with E-state index in [4.69, 9.17) is 19.0 Å². The summed E-state index contributed by atoms with van der Waals surface area (Å²) < 4.78 is 17.1. The first-order chi connectivity index (χ1) is 13.3. The van der Waals surface area contributed by atoms with Crippen LogP contribution in [0.4, 0.5) is 0 Å². The van der Waals surface area contributed by atoms with Crippen molar-refractivity contribution in [3.8, 4) is 11.5 Å². The molecule has 0 spiro atoms. The van der Waals surface area contributed by atoms with E-state index >= 15 is 0 Å². The molecule has 5 heteroatoms. The molecular formula is C22H22O4S. The molecule has 0 amide bonds. The Labute approximate surface area is 163 Å². The lowest BCUT2D eigenvalue weighted by Gasteiger charge is -2.16. The Kier molecular flexibility index (Phi) is 5.70. The van der Waals surface area contributed by atoms with Gasteiger partial charge in [-0.05, 0) is 41.8 Å². The maximum Gasteiger partial charge on any atom is 0.231 e. The standard InChI is InChI=1S/C22H22O4S/c23-12-4-7-18-9-11-20(26-18)22(27-14-16-5-2-1-3-6-16)17-8-10-19-21(13-17)25-15-24-19/h1-3,5-6,8-11,13,22-23H,4,7,12,14-15H2. The molecule has 0 bridgehead atoms. The number of aliphatic hydroxyl groups excluding tert-OH is 1. The summed E-state index contributed by atoms with van der Waals surface area (Å²) in [6.07, 6.45) is 1.45. The smallest absolute Gasteiger partial charge is 0.231 e. The monoisotopic (exact) mass is 382 g/mol. The van der Waals surface area contributed by atoms with Crippen LogP contribution in [0.1, 0.15) is 34.3 Å². The highest BCUT2D eigenvalue weighted by atomic mass is 32.2. The summed E-state index contributed by atoms with van der Waals surface area (Å²) in [6, 6.07) is 20.6. The predicted octanol–water partition coefficient (Wildman–Crippen LogP) is 4.96. The summed E-state index contributed by atoms with van der Waals surface area (Å²) in [6.45, 7) is 0.442. The average molecular weight is 382 g/mol. The highest BCUT2D eigenvalue weighted by molar-refractivity contribution is 7.98. The van der Waals surface area contributed by atoms with Gasteiger partial charge in [-0.1, -0.05) is 36.4 Å². The molecule has 3 aromatic rings. The number of benzene rings is 2. The molecule has 1 aromatic heterocycles. The molecule has 0 saturated heterocycles. The maximum absolute atomic E-state index is 9.05. The van der Waals surface area contributed by atoms with Crippen molar-refractivity contribution in [3.63, 3.8) is 0 Å². The Morgan fingerprint density at radius 1 is 0.963 bits per heavy atom. The van der Waals surface area contributed by atoms with Crippen LogP contribution in [0.25, 0.3) is 0 Å². The third kappa shape index (κ3) is 4.31. The van der Waals surface area contributed by atoms with Crippen LogP contribution >= 0.6 is 11.8 Å². The average Bonchev–Trinajstić information content (AvgIpc) is 3.36. The van der Waals surface area contributed by atoms with E-state index in [9.17, 15) is 0 Å². The van der Waals surface area contributed by atoms with E-state index in [1.54, 1.807) is 0 Å². The summed E-state index contributed by atoms with van der Waals surface area (Å²) in [5, 5.41) is 9.11. The van der Waals surface area contributed by atoms with Gasteiger partial charge in [-0.2, -0.15) is 0 Å². The van der Waals surface area contributed by atoms with Gasteiger partial charge in [-0.3, -0.25) is 0 Å². The van der Waals surface area contributed by atoms with Crippen LogP contribution in [0.3, 0.4) is 0 Å². The Bertz CT molecular complexity index is 875. The molecule has 2 aromatic carbocycles. The molecule has 4 rings (SSSR count). The third-order valence-corrected chi connectivity index (χ3v) is 5.82. The first kappa shape index (κ1) is 18.0. The van der Waals surface area contributed by atoms with Crippen molar-refractivity contribution in [1.82, 2.24) is 0 Å². The minimum atomic E-state index is 0.0579. The van der Waals surface area contributed by atoms with Gasteiger partial charge in [0.2, 0.25) is 6.79 Å². The van der Waals surface area contributed by atoms with Gasteiger partial charge < -0.3 is 19.0 Å². The lowest BCUT2D eigenvalue weighted by molar-refractivity contribution is 0.174. The van der Waals surface area contributed by atoms with E-state index in [0.717, 1.165) is 40.8 Å². The molecule has 1 aliphatic heterocycles. The fraction of sp³-hybridized carbons (Fsp3) is 0.273. The van der Waals surface area contributed by atoms with Crippen molar-refractivity contribution >= 4 is 11.8 Å². The van der Waals surface area contributed by atoms with Crippen LogP contribution < -0.4 is 9.47 Å². The van der Waals surface area contributed by atoms with Gasteiger partial charge in [0.1, 0.15) is 11.5 Å². The number of aliphatic hydroxyl groups is 1. The molecule has 0 radical (unpaired) electrons. The Morgan fingerprint density at radius 2 is 1.81 bits per heavy atom. The van der Waals surface area contributed by atoms with Crippen LogP contribution in [-0.2, 0) is 12.2 Å². The topological polar surface area (TPSA) is 51.8 Å². The first-order valence-corrected chi connectivity index (χ1v) is 10.1. The molecule has 1 unspecified atom stereocenters. The number of rotatable bonds is 8. The van der Waals surface area contributed by atoms with Crippen molar-refractivity contribution in [1.29, 1.82) is 0 Å². The molecule has 4 nitrogen and oxygen atoms in total. The molecule has 1 atom stereocenters. The van der Waals surface area contributed by atoms with E-state index in [1.165, 1.54) is 5.56 Å². The van der Waals surface area contributed by atoms with Gasteiger partial charge in [0, 0.05) is 18.8 Å². The van der Waals surface area contributed by atoms with Crippen molar-refractivity contribution < 1.29 is 19.0 Å². The van der Waals surface area contributed by atoms with Crippen molar-refractivity contribution in [2.24, 2.45) is 0 Å². The highest BCUT2D eigenvalue weighted by Gasteiger charge is 2.22. The highest BCUT2D eigenvalue weighted by Crippen LogP contribution is 2.42. The molecule has 0 fully saturated rings. The van der Waals surface area contributed by atoms with Gasteiger partial charge in [0.25, 0.3) is 0 Å². The van der Waals surface area contributed by atoms with Gasteiger partial charge in [-0.25, -0.2) is 0 Å². The predicted molar refractivity (Wildman–Crippen MR) is 106 cm³/mol. The van der Waals surface area contributed by atoms with E-state index in [-0.39, 0.29) is 18.6 Å². The van der Waals surface area contributed by atoms with E-state index in [2.05, 4.69) is 30.3 Å². The molecule has 1 aliphatic rings. The van der Waals surface area contributed by atoms with Gasteiger partial charge >= 0.3 is 0 Å². The summed E-state index contributed by atoms with van der Waals surface area (Å²) in [5.74, 6) is 4.28. The second-order valence-electron chi connectivity index (χ2n) is 6.42. The van der Waals surface area contributed by atoms with Gasteiger partial charge in [0.15, 0.2) is 11.5 Å². The molecule has 2 heterocycles. The second kappa shape index (κ2) is 8.55. The van der Waals surface area contributed by atoms with E-state index in [0.29, 0.717) is 6.42 Å². The Morgan fingerprint density at radius 3 is 2.67 bits per heavy atom. The largest absolute Gasteiger partial charge is 0.465 e. The Hall–Kier alpha value is -2.37. The fourth-order valence-electron chi connectivity index (χ4n) is 3.10. The lowest BCUT2D eigenvalue weighted by Crippen LogP contribution is -1.97. The van der Waals surface area contributed by atoms with Crippen LogP contribution in [0.2, 0.25) is 0 Å². The minimum absolute atomic E-state index is 0.0579. The van der Waals surface area contributed by atoms with Crippen molar-refractivity contribution in [2.75, 3.05) is 13.4 Å². The maximum atomic E-state index is 9.05. The zero-order valence-corrected chi connectivity index (χ0v) is 15.8. The summed E-state index contributed by atoms with van der Waals surface area (Å²) >= 11 is 1.82. The zero-order valence-electron chi connectivity index (χ0n) is 15.0. The number of fused-ring (bicyclic) bond motifs is 1. The Balaban J connectivity index is 1.59. The molecule has 1 N–H and O–H groups in total. The number of ether oxygens (including phenoxy) is 2. The molecule has 140 valence electrons. The number of hydrogen-bond donors (Lipinski definition) is 1. The number of furan rings is 1. The van der Waals surface area contributed by atoms with Crippen LogP contribution in [-0.4, -0.2) is 18.5 Å². The van der Waals surface area contributed by atoms with Crippen molar-refractivity contribution in [3.05, 3.63) is 83.3 Å². The van der Waals surface area contributed by atoms with Crippen LogP contribution in [0.15, 0.2) is 65.1 Å². The lowest BCUT2D eigenvalue weighted by atomic mass is 10.1. The summed E-state index contributed by atoms with van der Waals surface area (Å²) in [7, 11) is 0. The summed E-state index contributed by atoms with van der Waals surface area (Å²) in [5.41, 5.74) is 2.41.